The molecule has 0 amide bonds. The molecule has 0 radical (unpaired) electrons. The molecule has 2 aromatic rings. The van der Waals surface area contributed by atoms with E-state index in [0.717, 1.165) is 36.7 Å². The Morgan fingerprint density at radius 2 is 2.22 bits per heavy atom. The molecular formula is C12H17N5S. The van der Waals surface area contributed by atoms with Gasteiger partial charge in [0.25, 0.3) is 0 Å². The van der Waals surface area contributed by atoms with Gasteiger partial charge in [0.15, 0.2) is 0 Å². The molecule has 18 heavy (non-hydrogen) atoms. The van der Waals surface area contributed by atoms with Gasteiger partial charge < -0.3 is 11.1 Å². The number of nitrogens with one attached hydrogen (secondary N) is 1. The number of hydrogen-bond acceptors (Lipinski definition) is 6. The smallest absolute Gasteiger partial charge is 0.133 e. The Bertz CT molecular complexity index is 523. The zero-order valence-corrected chi connectivity index (χ0v) is 11.4. The van der Waals surface area contributed by atoms with Crippen molar-refractivity contribution in [2.24, 2.45) is 0 Å². The minimum absolute atomic E-state index is 0.511. The number of hydrogen-bond donors (Lipinski definition) is 2. The minimum atomic E-state index is 0.511. The first-order valence-corrected chi connectivity index (χ1v) is 6.83. The lowest BCUT2D eigenvalue weighted by Crippen LogP contribution is -2.06. The highest BCUT2D eigenvalue weighted by atomic mass is 32.1. The van der Waals surface area contributed by atoms with Gasteiger partial charge in [-0.3, -0.25) is 0 Å². The van der Waals surface area contributed by atoms with Crippen molar-refractivity contribution in [3.05, 3.63) is 28.0 Å². The van der Waals surface area contributed by atoms with Crippen LogP contribution < -0.4 is 11.1 Å². The summed E-state index contributed by atoms with van der Waals surface area (Å²) in [5, 5.41) is 3.27. The molecule has 0 saturated carbocycles. The first-order valence-electron chi connectivity index (χ1n) is 5.95. The molecule has 0 unspecified atom stereocenters. The van der Waals surface area contributed by atoms with E-state index in [0.29, 0.717) is 5.82 Å². The van der Waals surface area contributed by atoms with E-state index in [1.807, 2.05) is 12.4 Å². The second-order valence-electron chi connectivity index (χ2n) is 4.06. The quantitative estimate of drug-likeness (QED) is 0.866. The van der Waals surface area contributed by atoms with Crippen LogP contribution in [0.4, 0.5) is 11.6 Å². The predicted molar refractivity (Wildman–Crippen MR) is 74.6 cm³/mol. The number of nitrogens with zero attached hydrogens (tertiary/aromatic N) is 3. The van der Waals surface area contributed by atoms with E-state index >= 15 is 0 Å². The van der Waals surface area contributed by atoms with Crippen LogP contribution in [0.25, 0.3) is 0 Å². The van der Waals surface area contributed by atoms with Gasteiger partial charge in [-0.05, 0) is 13.3 Å². The Kier molecular flexibility index (Phi) is 4.09. The predicted octanol–water partition coefficient (Wildman–Crippen LogP) is 2.39. The van der Waals surface area contributed by atoms with E-state index in [9.17, 15) is 0 Å². The maximum atomic E-state index is 5.77. The van der Waals surface area contributed by atoms with Gasteiger partial charge in [-0.25, -0.2) is 15.0 Å². The largest absolute Gasteiger partial charge is 0.384 e. The monoisotopic (exact) mass is 263 g/mol. The third-order valence-corrected chi connectivity index (χ3v) is 3.48. The second-order valence-corrected chi connectivity index (χ2v) is 5.00. The molecule has 0 aliphatic carbocycles. The van der Waals surface area contributed by atoms with Crippen LogP contribution in [0, 0.1) is 6.92 Å². The van der Waals surface area contributed by atoms with Gasteiger partial charge in [0.1, 0.15) is 17.5 Å². The van der Waals surface area contributed by atoms with E-state index in [2.05, 4.69) is 27.2 Å². The summed E-state index contributed by atoms with van der Waals surface area (Å²) in [5.41, 5.74) is 8.68. The van der Waals surface area contributed by atoms with Crippen LogP contribution in [0.2, 0.25) is 0 Å². The molecule has 0 aliphatic rings. The van der Waals surface area contributed by atoms with Crippen molar-refractivity contribution < 1.29 is 0 Å². The molecule has 2 heterocycles. The van der Waals surface area contributed by atoms with Crippen molar-refractivity contribution in [3.63, 3.8) is 0 Å². The lowest BCUT2D eigenvalue weighted by atomic mass is 10.3. The standard InChI is InChI=1S/C12H17N5S/c1-3-4-11-16-10(13)5-12(17-11)14-6-9-8(2)15-7-18-9/h5,7H,3-4,6H2,1-2H3,(H3,13,14,16,17). The average molecular weight is 263 g/mol. The fourth-order valence-corrected chi connectivity index (χ4v) is 2.33. The van der Waals surface area contributed by atoms with E-state index in [-0.39, 0.29) is 0 Å². The van der Waals surface area contributed by atoms with Crippen LogP contribution in [0.3, 0.4) is 0 Å². The third kappa shape index (κ3) is 3.16. The van der Waals surface area contributed by atoms with Crippen LogP contribution in [0.5, 0.6) is 0 Å². The summed E-state index contributed by atoms with van der Waals surface area (Å²) in [6.45, 7) is 4.82. The average Bonchev–Trinajstić information content (AvgIpc) is 2.72. The minimum Gasteiger partial charge on any atom is -0.384 e. The molecule has 5 nitrogen and oxygen atoms in total. The molecule has 0 bridgehead atoms. The van der Waals surface area contributed by atoms with E-state index in [1.165, 1.54) is 4.88 Å². The first-order chi connectivity index (χ1) is 8.69. The van der Waals surface area contributed by atoms with Gasteiger partial charge in [-0.15, -0.1) is 11.3 Å². The number of anilines is 2. The molecule has 0 atom stereocenters. The third-order valence-electron chi connectivity index (χ3n) is 2.54. The molecule has 0 aliphatic heterocycles. The van der Waals surface area contributed by atoms with Crippen molar-refractivity contribution in [2.45, 2.75) is 33.2 Å². The van der Waals surface area contributed by atoms with Gasteiger partial charge in [0.2, 0.25) is 0 Å². The molecular weight excluding hydrogens is 246 g/mol. The Labute approximate surface area is 111 Å². The summed E-state index contributed by atoms with van der Waals surface area (Å²) in [7, 11) is 0. The van der Waals surface area contributed by atoms with Gasteiger partial charge in [-0.2, -0.15) is 0 Å². The van der Waals surface area contributed by atoms with Crippen LogP contribution >= 0.6 is 11.3 Å². The molecule has 0 spiro atoms. The lowest BCUT2D eigenvalue weighted by Gasteiger charge is -2.07. The molecule has 96 valence electrons. The van der Waals surface area contributed by atoms with Crippen molar-refractivity contribution in [1.29, 1.82) is 0 Å². The summed E-state index contributed by atoms with van der Waals surface area (Å²) in [6.07, 6.45) is 1.86. The van der Waals surface area contributed by atoms with E-state index in [4.69, 9.17) is 5.73 Å². The number of rotatable bonds is 5. The van der Waals surface area contributed by atoms with Crippen LogP contribution in [-0.2, 0) is 13.0 Å². The Morgan fingerprint density at radius 1 is 1.39 bits per heavy atom. The Balaban J connectivity index is 2.07. The SMILES string of the molecule is CCCc1nc(N)cc(NCc2scnc2C)n1. The highest BCUT2D eigenvalue weighted by Gasteiger charge is 2.04. The topological polar surface area (TPSA) is 76.7 Å². The normalized spacial score (nSPS) is 10.6. The van der Waals surface area contributed by atoms with Crippen LogP contribution in [-0.4, -0.2) is 15.0 Å². The molecule has 6 heteroatoms. The number of aryl methyl sites for hydroxylation is 2. The Morgan fingerprint density at radius 3 is 2.89 bits per heavy atom. The summed E-state index contributed by atoms with van der Waals surface area (Å²) >= 11 is 1.64. The lowest BCUT2D eigenvalue weighted by molar-refractivity contribution is 0.837. The number of aromatic nitrogens is 3. The van der Waals surface area contributed by atoms with Crippen molar-refractivity contribution >= 4 is 23.0 Å². The second kappa shape index (κ2) is 5.77. The summed E-state index contributed by atoms with van der Waals surface area (Å²) < 4.78 is 0. The van der Waals surface area contributed by atoms with Gasteiger partial charge in [0, 0.05) is 17.4 Å². The molecule has 2 rings (SSSR count). The fourth-order valence-electron chi connectivity index (χ4n) is 1.61. The van der Waals surface area contributed by atoms with Gasteiger partial charge >= 0.3 is 0 Å². The number of nitrogen functional groups attached to an aromatic ring is 1. The fraction of sp³-hybridized carbons (Fsp3) is 0.417. The highest BCUT2D eigenvalue weighted by Crippen LogP contribution is 2.15. The molecule has 0 fully saturated rings. The molecule has 0 aromatic carbocycles. The molecule has 2 aromatic heterocycles. The summed E-state index contributed by atoms with van der Waals surface area (Å²) in [6, 6.07) is 1.76. The van der Waals surface area contributed by atoms with Crippen molar-refractivity contribution in [3.8, 4) is 0 Å². The molecule has 0 saturated heterocycles. The number of nitrogens with two attached hydrogens (primary N) is 1. The van der Waals surface area contributed by atoms with Gasteiger partial charge in [-0.1, -0.05) is 6.92 Å². The van der Waals surface area contributed by atoms with Crippen LogP contribution in [0.15, 0.2) is 11.6 Å². The zero-order chi connectivity index (χ0) is 13.0. The Hall–Kier alpha value is -1.69. The molecule has 3 N–H and O–H groups in total. The summed E-state index contributed by atoms with van der Waals surface area (Å²) in [4.78, 5) is 14.1. The maximum Gasteiger partial charge on any atom is 0.133 e. The number of thiazole rings is 1. The van der Waals surface area contributed by atoms with E-state index in [1.54, 1.807) is 17.4 Å². The highest BCUT2D eigenvalue weighted by molar-refractivity contribution is 7.09. The first kappa shape index (κ1) is 12.8. The van der Waals surface area contributed by atoms with E-state index < -0.39 is 0 Å². The maximum absolute atomic E-state index is 5.77. The zero-order valence-electron chi connectivity index (χ0n) is 10.6. The van der Waals surface area contributed by atoms with Gasteiger partial charge in [0.05, 0.1) is 17.7 Å². The van der Waals surface area contributed by atoms with Crippen LogP contribution in [0.1, 0.15) is 29.7 Å². The van der Waals surface area contributed by atoms with Crippen molar-refractivity contribution in [2.75, 3.05) is 11.1 Å². The summed E-state index contributed by atoms with van der Waals surface area (Å²) in [5.74, 6) is 2.08. The van der Waals surface area contributed by atoms with Crippen molar-refractivity contribution in [1.82, 2.24) is 15.0 Å².